The summed E-state index contributed by atoms with van der Waals surface area (Å²) in [5.74, 6) is 1.22. The molecule has 0 unspecified atom stereocenters. The van der Waals surface area contributed by atoms with Crippen LogP contribution in [0.5, 0.6) is 17.2 Å². The fourth-order valence-electron chi connectivity index (χ4n) is 5.78. The lowest BCUT2D eigenvalue weighted by Crippen LogP contribution is -2.33. The number of phenols is 2. The van der Waals surface area contributed by atoms with E-state index in [0.717, 1.165) is 101 Å². The number of rotatable bonds is 15. The van der Waals surface area contributed by atoms with Gasteiger partial charge in [0.15, 0.2) is 11.5 Å². The van der Waals surface area contributed by atoms with Crippen LogP contribution in [0.3, 0.4) is 0 Å². The Hall–Kier alpha value is -3.95. The van der Waals surface area contributed by atoms with E-state index in [-0.39, 0.29) is 24.0 Å². The van der Waals surface area contributed by atoms with Gasteiger partial charge in [-0.2, -0.15) is 0 Å². The molecule has 2 aromatic carbocycles. The van der Waals surface area contributed by atoms with Gasteiger partial charge >= 0.3 is 0 Å². The predicted octanol–water partition coefficient (Wildman–Crippen LogP) is 6.06. The Labute approximate surface area is 267 Å². The highest BCUT2D eigenvalue weighted by molar-refractivity contribution is 6.08. The number of fused-ring (bicyclic) bond motifs is 1. The third kappa shape index (κ3) is 9.77. The van der Waals surface area contributed by atoms with Crippen molar-refractivity contribution in [1.29, 1.82) is 0 Å². The number of nitrogens with zero attached hydrogens (tertiary/aromatic N) is 3. The molecule has 0 radical (unpaired) electrons. The van der Waals surface area contributed by atoms with Gasteiger partial charge in [0.1, 0.15) is 12.4 Å². The fourth-order valence-corrected chi connectivity index (χ4v) is 5.78. The molecule has 3 N–H and O–H groups in total. The number of methoxy groups -OCH3 is 1. The molecule has 9 nitrogen and oxygen atoms in total. The SMILES string of the molecule is CC/C(=C\CC=C(C)C)OCCN1CCCN(CCCn2cc(C(=O)NCc3ccc(O)c(O)c3)c3cccc(OC)c32)CC1. The van der Waals surface area contributed by atoms with Crippen LogP contribution >= 0.6 is 0 Å². The number of aromatic nitrogens is 1. The van der Waals surface area contributed by atoms with Gasteiger partial charge in [-0.1, -0.05) is 36.8 Å². The maximum absolute atomic E-state index is 13.3. The standard InChI is InChI=1S/C36H50N4O5/c1-5-29(11-6-10-27(2)3)45-23-22-39-17-8-16-38(20-21-39)18-9-19-40-26-31(30-12-7-13-34(44-4)35(30)40)36(43)37-25-28-14-15-32(41)33(42)24-28/h7,10-15,24,26,41-42H,5-6,8-9,16-23,25H2,1-4H3,(H,37,43)/b29-11+. The normalized spacial score (nSPS) is 14.7. The molecule has 0 saturated carbocycles. The van der Waals surface area contributed by atoms with Crippen LogP contribution in [0.25, 0.3) is 10.9 Å². The monoisotopic (exact) mass is 618 g/mol. The minimum atomic E-state index is -0.210. The number of aromatic hydroxyl groups is 2. The molecule has 1 aliphatic heterocycles. The Morgan fingerprint density at radius 2 is 1.76 bits per heavy atom. The van der Waals surface area contributed by atoms with Crippen molar-refractivity contribution >= 4 is 16.8 Å². The van der Waals surface area contributed by atoms with Gasteiger partial charge < -0.3 is 34.5 Å². The van der Waals surface area contributed by atoms with Crippen molar-refractivity contribution in [1.82, 2.24) is 19.7 Å². The molecule has 1 fully saturated rings. The van der Waals surface area contributed by atoms with Crippen molar-refractivity contribution in [2.75, 3.05) is 53.0 Å². The van der Waals surface area contributed by atoms with Crippen LogP contribution in [0.1, 0.15) is 62.4 Å². The molecule has 1 aliphatic rings. The summed E-state index contributed by atoms with van der Waals surface area (Å²) in [6, 6.07) is 10.3. The highest BCUT2D eigenvalue weighted by Gasteiger charge is 2.19. The molecular weight excluding hydrogens is 568 g/mol. The molecule has 45 heavy (non-hydrogen) atoms. The van der Waals surface area contributed by atoms with E-state index in [9.17, 15) is 15.0 Å². The molecule has 1 saturated heterocycles. The quantitative estimate of drug-likeness (QED) is 0.108. The average molecular weight is 619 g/mol. The first-order valence-electron chi connectivity index (χ1n) is 16.1. The second-order valence-electron chi connectivity index (χ2n) is 11.9. The van der Waals surface area contributed by atoms with Crippen molar-refractivity contribution in [3.8, 4) is 17.2 Å². The summed E-state index contributed by atoms with van der Waals surface area (Å²) in [6.07, 6.45) is 10.3. The number of ether oxygens (including phenoxy) is 2. The second kappa shape index (κ2) is 16.9. The largest absolute Gasteiger partial charge is 0.504 e. The van der Waals surface area contributed by atoms with Crippen LogP contribution in [0.4, 0.5) is 0 Å². The van der Waals surface area contributed by atoms with E-state index in [1.165, 1.54) is 17.7 Å². The van der Waals surface area contributed by atoms with Crippen LogP contribution in [0.2, 0.25) is 0 Å². The number of phenolic OH excluding ortho intramolecular Hbond substituents is 2. The van der Waals surface area contributed by atoms with Crippen LogP contribution in [0, 0.1) is 0 Å². The van der Waals surface area contributed by atoms with Crippen LogP contribution < -0.4 is 10.1 Å². The lowest BCUT2D eigenvalue weighted by atomic mass is 10.1. The number of nitrogens with one attached hydrogen (secondary N) is 1. The lowest BCUT2D eigenvalue weighted by Gasteiger charge is -2.22. The van der Waals surface area contributed by atoms with Crippen molar-refractivity contribution in [3.63, 3.8) is 0 Å². The van der Waals surface area contributed by atoms with Gasteiger partial charge in [-0.3, -0.25) is 9.69 Å². The van der Waals surface area contributed by atoms with Gasteiger partial charge in [0.25, 0.3) is 5.91 Å². The van der Waals surface area contributed by atoms with Crippen LogP contribution in [-0.4, -0.2) is 83.5 Å². The zero-order valence-corrected chi connectivity index (χ0v) is 27.3. The topological polar surface area (TPSA) is 99.4 Å². The number of amides is 1. The van der Waals surface area contributed by atoms with E-state index in [1.807, 2.05) is 24.4 Å². The van der Waals surface area contributed by atoms with Crippen molar-refractivity contribution in [2.24, 2.45) is 0 Å². The number of para-hydroxylation sites is 1. The minimum Gasteiger partial charge on any atom is -0.504 e. The molecule has 244 valence electrons. The van der Waals surface area contributed by atoms with Crippen molar-refractivity contribution < 1.29 is 24.5 Å². The number of benzene rings is 2. The summed E-state index contributed by atoms with van der Waals surface area (Å²) in [5.41, 5.74) is 3.52. The molecule has 2 heterocycles. The number of aryl methyl sites for hydroxylation is 1. The third-order valence-corrected chi connectivity index (χ3v) is 8.29. The summed E-state index contributed by atoms with van der Waals surface area (Å²) in [7, 11) is 1.65. The first kappa shape index (κ1) is 33.9. The van der Waals surface area contributed by atoms with Gasteiger partial charge in [-0.25, -0.2) is 0 Å². The molecule has 0 aliphatic carbocycles. The fraction of sp³-hybridized carbons (Fsp3) is 0.472. The number of hydrogen-bond donors (Lipinski definition) is 3. The van der Waals surface area contributed by atoms with Gasteiger partial charge in [0.05, 0.1) is 23.9 Å². The maximum Gasteiger partial charge on any atom is 0.253 e. The van der Waals surface area contributed by atoms with E-state index < -0.39 is 0 Å². The lowest BCUT2D eigenvalue weighted by molar-refractivity contribution is 0.0952. The molecule has 0 spiro atoms. The number of hydrogen-bond acceptors (Lipinski definition) is 7. The number of carbonyl (C=O) groups is 1. The Balaban J connectivity index is 1.30. The summed E-state index contributed by atoms with van der Waals surface area (Å²) >= 11 is 0. The Kier molecular flexibility index (Phi) is 12.8. The van der Waals surface area contributed by atoms with E-state index in [4.69, 9.17) is 9.47 Å². The van der Waals surface area contributed by atoms with Crippen molar-refractivity contribution in [3.05, 3.63) is 77.2 Å². The van der Waals surface area contributed by atoms with E-state index in [0.29, 0.717) is 11.1 Å². The number of allylic oxidation sites excluding steroid dienone is 4. The Morgan fingerprint density at radius 1 is 0.978 bits per heavy atom. The summed E-state index contributed by atoms with van der Waals surface area (Å²) in [6.45, 7) is 14.3. The predicted molar refractivity (Wildman–Crippen MR) is 180 cm³/mol. The molecule has 1 aromatic heterocycles. The van der Waals surface area contributed by atoms with Crippen LogP contribution in [-0.2, 0) is 17.8 Å². The minimum absolute atomic E-state index is 0.188. The molecule has 9 heteroatoms. The van der Waals surface area contributed by atoms with Gasteiger partial charge in [-0.15, -0.1) is 0 Å². The molecular formula is C36H50N4O5. The smallest absolute Gasteiger partial charge is 0.253 e. The van der Waals surface area contributed by atoms with E-state index >= 15 is 0 Å². The van der Waals surface area contributed by atoms with E-state index in [2.05, 4.69) is 52.6 Å². The highest BCUT2D eigenvalue weighted by Crippen LogP contribution is 2.30. The maximum atomic E-state index is 13.3. The van der Waals surface area contributed by atoms with Gasteiger partial charge in [0.2, 0.25) is 0 Å². The summed E-state index contributed by atoms with van der Waals surface area (Å²) in [5, 5.41) is 23.2. The first-order valence-corrected chi connectivity index (χ1v) is 16.1. The zero-order chi connectivity index (χ0) is 32.2. The number of carbonyl (C=O) groups excluding carboxylic acids is 1. The Morgan fingerprint density at radius 3 is 2.47 bits per heavy atom. The van der Waals surface area contributed by atoms with Crippen LogP contribution in [0.15, 0.2) is 66.1 Å². The van der Waals surface area contributed by atoms with Crippen molar-refractivity contribution in [2.45, 2.75) is 59.5 Å². The van der Waals surface area contributed by atoms with Gasteiger partial charge in [-0.05, 0) is 82.6 Å². The molecule has 4 rings (SSSR count). The highest BCUT2D eigenvalue weighted by atomic mass is 16.5. The van der Waals surface area contributed by atoms with E-state index in [1.54, 1.807) is 13.2 Å². The van der Waals surface area contributed by atoms with Gasteiger partial charge in [0, 0.05) is 50.7 Å². The summed E-state index contributed by atoms with van der Waals surface area (Å²) < 4.78 is 13.9. The second-order valence-corrected chi connectivity index (χ2v) is 11.9. The molecule has 1 amide bonds. The Bertz CT molecular complexity index is 1470. The molecule has 0 bridgehead atoms. The summed E-state index contributed by atoms with van der Waals surface area (Å²) in [4.78, 5) is 18.3. The molecule has 3 aromatic rings. The first-order chi connectivity index (χ1) is 21.8. The molecule has 0 atom stereocenters. The third-order valence-electron chi connectivity index (χ3n) is 8.29. The average Bonchev–Trinajstić information content (AvgIpc) is 3.25. The zero-order valence-electron chi connectivity index (χ0n) is 27.3.